The fraction of sp³-hybridized carbons (Fsp3) is 0.320. The van der Waals surface area contributed by atoms with Gasteiger partial charge >= 0.3 is 0 Å². The standard InChI is InChI=1S/C25H29N5O2/c1-18-4-3-5-20(16-18)6-11-25(31)29-22-9-7-21(8-10-22)28-23-17-24(27-19(2)26-23)30-12-14-32-15-13-30/h3-5,7-10,16-17H,6,11-15H2,1-2H3,(H,29,31)(H,26,27,28). The average Bonchev–Trinajstić information content (AvgIpc) is 2.79. The number of hydrogen-bond donors (Lipinski definition) is 2. The quantitative estimate of drug-likeness (QED) is 0.582. The van der Waals surface area contributed by atoms with Crippen molar-refractivity contribution in [3.63, 3.8) is 0 Å². The van der Waals surface area contributed by atoms with Crippen LogP contribution in [0, 0.1) is 13.8 Å². The van der Waals surface area contributed by atoms with Gasteiger partial charge in [-0.25, -0.2) is 9.97 Å². The summed E-state index contributed by atoms with van der Waals surface area (Å²) in [6.07, 6.45) is 1.18. The Kier molecular flexibility index (Phi) is 6.97. The number of benzene rings is 2. The zero-order valence-corrected chi connectivity index (χ0v) is 18.6. The summed E-state index contributed by atoms with van der Waals surface area (Å²) in [5.74, 6) is 2.37. The van der Waals surface area contributed by atoms with Crippen LogP contribution >= 0.6 is 0 Å². The predicted octanol–water partition coefficient (Wildman–Crippen LogP) is 4.24. The first-order valence-electron chi connectivity index (χ1n) is 11.0. The Labute approximate surface area is 188 Å². The fourth-order valence-corrected chi connectivity index (χ4v) is 3.70. The van der Waals surface area contributed by atoms with E-state index < -0.39 is 0 Å². The Bertz CT molecular complexity index is 1060. The molecule has 0 aliphatic carbocycles. The smallest absolute Gasteiger partial charge is 0.224 e. The van der Waals surface area contributed by atoms with Gasteiger partial charge in [-0.2, -0.15) is 0 Å². The second kappa shape index (κ2) is 10.2. The number of anilines is 4. The Balaban J connectivity index is 1.33. The molecule has 32 heavy (non-hydrogen) atoms. The van der Waals surface area contributed by atoms with E-state index in [0.29, 0.717) is 25.5 Å². The van der Waals surface area contributed by atoms with Crippen LogP contribution in [0.5, 0.6) is 0 Å². The second-order valence-corrected chi connectivity index (χ2v) is 8.00. The third-order valence-corrected chi connectivity index (χ3v) is 5.32. The number of amides is 1. The second-order valence-electron chi connectivity index (χ2n) is 8.00. The van der Waals surface area contributed by atoms with E-state index in [1.54, 1.807) is 0 Å². The summed E-state index contributed by atoms with van der Waals surface area (Å²) < 4.78 is 5.43. The minimum atomic E-state index is 0.00814. The topological polar surface area (TPSA) is 79.4 Å². The molecule has 166 valence electrons. The normalized spacial score (nSPS) is 13.6. The number of aryl methyl sites for hydroxylation is 3. The number of carbonyl (C=O) groups is 1. The molecule has 4 rings (SSSR count). The van der Waals surface area contributed by atoms with Crippen molar-refractivity contribution >= 4 is 28.9 Å². The lowest BCUT2D eigenvalue weighted by Gasteiger charge is -2.28. The molecule has 2 aromatic carbocycles. The van der Waals surface area contributed by atoms with Crippen molar-refractivity contribution in [3.05, 3.63) is 71.5 Å². The zero-order valence-electron chi connectivity index (χ0n) is 18.6. The average molecular weight is 432 g/mol. The van der Waals surface area contributed by atoms with E-state index >= 15 is 0 Å². The van der Waals surface area contributed by atoms with Crippen LogP contribution in [-0.4, -0.2) is 42.2 Å². The number of ether oxygens (including phenoxy) is 1. The lowest BCUT2D eigenvalue weighted by atomic mass is 10.1. The first-order valence-corrected chi connectivity index (χ1v) is 11.0. The Morgan fingerprint density at radius 1 is 1.00 bits per heavy atom. The maximum atomic E-state index is 12.3. The van der Waals surface area contributed by atoms with E-state index in [0.717, 1.165) is 42.5 Å². The molecule has 1 saturated heterocycles. The lowest BCUT2D eigenvalue weighted by molar-refractivity contribution is -0.116. The van der Waals surface area contributed by atoms with E-state index in [1.807, 2.05) is 43.3 Å². The van der Waals surface area contributed by atoms with Crippen LogP contribution < -0.4 is 15.5 Å². The molecule has 1 aliphatic heterocycles. The van der Waals surface area contributed by atoms with Crippen molar-refractivity contribution in [2.45, 2.75) is 26.7 Å². The number of aromatic nitrogens is 2. The number of hydrogen-bond acceptors (Lipinski definition) is 6. The van der Waals surface area contributed by atoms with Crippen LogP contribution in [0.25, 0.3) is 0 Å². The van der Waals surface area contributed by atoms with Crippen molar-refractivity contribution in [1.82, 2.24) is 9.97 Å². The zero-order chi connectivity index (χ0) is 22.3. The molecule has 0 atom stereocenters. The molecule has 2 N–H and O–H groups in total. The third kappa shape index (κ3) is 6.04. The minimum absolute atomic E-state index is 0.00814. The fourth-order valence-electron chi connectivity index (χ4n) is 3.70. The van der Waals surface area contributed by atoms with Crippen molar-refractivity contribution < 1.29 is 9.53 Å². The largest absolute Gasteiger partial charge is 0.378 e. The maximum Gasteiger partial charge on any atom is 0.224 e. The number of nitrogens with zero attached hydrogens (tertiary/aromatic N) is 3. The molecular formula is C25H29N5O2. The highest BCUT2D eigenvalue weighted by atomic mass is 16.5. The highest BCUT2D eigenvalue weighted by Crippen LogP contribution is 2.22. The molecular weight excluding hydrogens is 402 g/mol. The van der Waals surface area contributed by atoms with Crippen LogP contribution in [0.15, 0.2) is 54.6 Å². The summed E-state index contributed by atoms with van der Waals surface area (Å²) in [7, 11) is 0. The minimum Gasteiger partial charge on any atom is -0.378 e. The van der Waals surface area contributed by atoms with Gasteiger partial charge in [0.15, 0.2) is 0 Å². The number of carbonyl (C=O) groups excluding carboxylic acids is 1. The van der Waals surface area contributed by atoms with Gasteiger partial charge in [0.1, 0.15) is 17.5 Å². The molecule has 0 unspecified atom stereocenters. The maximum absolute atomic E-state index is 12.3. The van der Waals surface area contributed by atoms with Gasteiger partial charge in [-0.3, -0.25) is 4.79 Å². The van der Waals surface area contributed by atoms with Gasteiger partial charge in [0.25, 0.3) is 0 Å². The number of morpholine rings is 1. The van der Waals surface area contributed by atoms with Crippen LogP contribution in [0.1, 0.15) is 23.4 Å². The van der Waals surface area contributed by atoms with E-state index in [4.69, 9.17) is 4.74 Å². The summed E-state index contributed by atoms with van der Waals surface area (Å²) in [6, 6.07) is 17.9. The highest BCUT2D eigenvalue weighted by Gasteiger charge is 2.14. The van der Waals surface area contributed by atoms with Crippen LogP contribution in [0.4, 0.5) is 23.0 Å². The summed E-state index contributed by atoms with van der Waals surface area (Å²) in [6.45, 7) is 7.03. The third-order valence-electron chi connectivity index (χ3n) is 5.32. The van der Waals surface area contributed by atoms with Gasteiger partial charge in [0.05, 0.1) is 13.2 Å². The van der Waals surface area contributed by atoms with Gasteiger partial charge in [-0.15, -0.1) is 0 Å². The molecule has 0 spiro atoms. The van der Waals surface area contributed by atoms with Gasteiger partial charge < -0.3 is 20.3 Å². The van der Waals surface area contributed by atoms with Crippen molar-refractivity contribution in [1.29, 1.82) is 0 Å². The van der Waals surface area contributed by atoms with Crippen molar-refractivity contribution in [3.8, 4) is 0 Å². The van der Waals surface area contributed by atoms with E-state index in [-0.39, 0.29) is 5.91 Å². The monoisotopic (exact) mass is 431 g/mol. The summed E-state index contributed by atoms with van der Waals surface area (Å²) in [5.41, 5.74) is 4.06. The van der Waals surface area contributed by atoms with E-state index in [9.17, 15) is 4.79 Å². The van der Waals surface area contributed by atoms with Crippen molar-refractivity contribution in [2.75, 3.05) is 41.8 Å². The number of rotatable bonds is 7. The molecule has 1 fully saturated rings. The SMILES string of the molecule is Cc1cccc(CCC(=O)Nc2ccc(Nc3cc(N4CCOCC4)nc(C)n3)cc2)c1. The summed E-state index contributed by atoms with van der Waals surface area (Å²) >= 11 is 0. The van der Waals surface area contributed by atoms with Crippen molar-refractivity contribution in [2.24, 2.45) is 0 Å². The first kappa shape index (κ1) is 21.8. The molecule has 1 aliphatic rings. The van der Waals surface area contributed by atoms with Crippen LogP contribution in [0.3, 0.4) is 0 Å². The molecule has 7 nitrogen and oxygen atoms in total. The molecule has 2 heterocycles. The van der Waals surface area contributed by atoms with E-state index in [1.165, 1.54) is 11.1 Å². The molecule has 1 aromatic heterocycles. The van der Waals surface area contributed by atoms with Gasteiger partial charge in [-0.05, 0) is 50.1 Å². The van der Waals surface area contributed by atoms with Crippen LogP contribution in [-0.2, 0) is 16.0 Å². The van der Waals surface area contributed by atoms with Gasteiger partial charge in [-0.1, -0.05) is 29.8 Å². The molecule has 0 radical (unpaired) electrons. The summed E-state index contributed by atoms with van der Waals surface area (Å²) in [5, 5.41) is 6.30. The Morgan fingerprint density at radius 2 is 1.75 bits per heavy atom. The molecule has 0 bridgehead atoms. The van der Waals surface area contributed by atoms with Gasteiger partial charge in [0, 0.05) is 37.0 Å². The molecule has 3 aromatic rings. The molecule has 0 saturated carbocycles. The summed E-state index contributed by atoms with van der Waals surface area (Å²) in [4.78, 5) is 23.6. The Hall–Kier alpha value is -3.45. The molecule has 1 amide bonds. The van der Waals surface area contributed by atoms with Gasteiger partial charge in [0.2, 0.25) is 5.91 Å². The van der Waals surface area contributed by atoms with E-state index in [2.05, 4.69) is 50.6 Å². The highest BCUT2D eigenvalue weighted by molar-refractivity contribution is 5.91. The molecule has 7 heteroatoms. The van der Waals surface area contributed by atoms with Crippen LogP contribution in [0.2, 0.25) is 0 Å². The predicted molar refractivity (Wildman–Crippen MR) is 128 cm³/mol. The lowest BCUT2D eigenvalue weighted by Crippen LogP contribution is -2.36. The number of nitrogens with one attached hydrogen (secondary N) is 2. The first-order chi connectivity index (χ1) is 15.5. The Morgan fingerprint density at radius 3 is 2.50 bits per heavy atom.